The van der Waals surface area contributed by atoms with E-state index in [4.69, 9.17) is 5.73 Å². The summed E-state index contributed by atoms with van der Waals surface area (Å²) in [7, 11) is 1.66. The summed E-state index contributed by atoms with van der Waals surface area (Å²) >= 11 is 0. The Morgan fingerprint density at radius 3 is 2.18 bits per heavy atom. The number of alkyl halides is 3. The lowest BCUT2D eigenvalue weighted by Gasteiger charge is -2.11. The lowest BCUT2D eigenvalue weighted by atomic mass is 10.0. The second kappa shape index (κ2) is 17.0. The summed E-state index contributed by atoms with van der Waals surface area (Å²) in [6.45, 7) is 10.6. The van der Waals surface area contributed by atoms with E-state index in [1.165, 1.54) is 25.0 Å². The van der Waals surface area contributed by atoms with Crippen LogP contribution in [0, 0.1) is 0 Å². The van der Waals surface area contributed by atoms with Crippen molar-refractivity contribution < 1.29 is 13.2 Å². The molecular weight excluding hydrogens is 425 g/mol. The average Bonchev–Trinajstić information content (AvgIpc) is 3.22. The van der Waals surface area contributed by atoms with Crippen LogP contribution in [0.4, 0.5) is 13.2 Å². The van der Waals surface area contributed by atoms with Crippen molar-refractivity contribution in [3.8, 4) is 0 Å². The van der Waals surface area contributed by atoms with E-state index in [1.54, 1.807) is 39.1 Å². The van der Waals surface area contributed by atoms with Crippen LogP contribution in [0.15, 0.2) is 53.1 Å². The molecule has 0 unspecified atom stereocenters. The lowest BCUT2D eigenvalue weighted by Crippen LogP contribution is -2.11. The van der Waals surface area contributed by atoms with E-state index < -0.39 is 11.7 Å². The first kappa shape index (κ1) is 30.4. The maximum Gasteiger partial charge on any atom is 0.416 e. The molecule has 2 heterocycles. The van der Waals surface area contributed by atoms with Crippen molar-refractivity contribution >= 4 is 11.4 Å². The second-order valence-electron chi connectivity index (χ2n) is 7.51. The highest BCUT2D eigenvalue weighted by Gasteiger charge is 2.32. The van der Waals surface area contributed by atoms with Crippen LogP contribution in [0.25, 0.3) is 5.57 Å². The van der Waals surface area contributed by atoms with E-state index in [0.717, 1.165) is 31.5 Å². The van der Waals surface area contributed by atoms with E-state index >= 15 is 0 Å². The third-order valence-corrected chi connectivity index (χ3v) is 4.72. The Morgan fingerprint density at radius 2 is 1.76 bits per heavy atom. The Kier molecular flexibility index (Phi) is 15.7. The fourth-order valence-electron chi connectivity index (χ4n) is 2.84. The smallest absolute Gasteiger partial charge is 0.384 e. The maximum absolute atomic E-state index is 13.1. The molecule has 2 N–H and O–H groups in total. The molecule has 0 spiro atoms. The fraction of sp³-hybridized carbons (Fsp3) is 0.538. The van der Waals surface area contributed by atoms with Crippen LogP contribution in [-0.2, 0) is 13.0 Å². The van der Waals surface area contributed by atoms with Crippen molar-refractivity contribution in [2.75, 3.05) is 7.05 Å². The molecule has 0 aromatic carbocycles. The summed E-state index contributed by atoms with van der Waals surface area (Å²) in [5.74, 6) is 0.572. The van der Waals surface area contributed by atoms with Gasteiger partial charge in [-0.25, -0.2) is 0 Å². The van der Waals surface area contributed by atoms with Crippen molar-refractivity contribution in [3.63, 3.8) is 0 Å². The summed E-state index contributed by atoms with van der Waals surface area (Å²) < 4.78 is 41.2. The van der Waals surface area contributed by atoms with E-state index in [2.05, 4.69) is 23.9 Å². The number of amidine groups is 1. The van der Waals surface area contributed by atoms with Crippen LogP contribution in [-0.4, -0.2) is 28.8 Å². The predicted molar refractivity (Wildman–Crippen MR) is 135 cm³/mol. The molecule has 1 aliphatic heterocycles. The van der Waals surface area contributed by atoms with Gasteiger partial charge in [0.15, 0.2) is 0 Å². The van der Waals surface area contributed by atoms with Crippen molar-refractivity contribution in [3.05, 3.63) is 59.5 Å². The lowest BCUT2D eigenvalue weighted by molar-refractivity contribution is -0.0883. The number of nitrogens with two attached hydrogens (primary N) is 1. The number of allylic oxidation sites excluding steroid dienone is 7. The van der Waals surface area contributed by atoms with Gasteiger partial charge in [-0.2, -0.15) is 18.3 Å². The maximum atomic E-state index is 13.1. The minimum Gasteiger partial charge on any atom is -0.384 e. The average molecular weight is 467 g/mol. The molecule has 0 fully saturated rings. The molecule has 0 amide bonds. The van der Waals surface area contributed by atoms with Crippen LogP contribution in [0.5, 0.6) is 0 Å². The Labute approximate surface area is 197 Å². The Bertz CT molecular complexity index is 800. The molecule has 7 heteroatoms. The van der Waals surface area contributed by atoms with E-state index in [0.29, 0.717) is 23.5 Å². The van der Waals surface area contributed by atoms with Crippen LogP contribution in [0.2, 0.25) is 0 Å². The Hall–Kier alpha value is -2.57. The van der Waals surface area contributed by atoms with Gasteiger partial charge in [0.1, 0.15) is 5.84 Å². The van der Waals surface area contributed by atoms with Crippen LogP contribution < -0.4 is 5.73 Å². The third kappa shape index (κ3) is 12.3. The first-order valence-corrected chi connectivity index (χ1v) is 11.7. The molecule has 4 nitrogen and oxygen atoms in total. The monoisotopic (exact) mass is 466 g/mol. The number of hydrogen-bond donors (Lipinski definition) is 1. The highest BCUT2D eigenvalue weighted by Crippen LogP contribution is 2.30. The number of aromatic nitrogens is 2. The van der Waals surface area contributed by atoms with Crippen molar-refractivity contribution in [1.82, 2.24) is 9.78 Å². The number of halogens is 3. The van der Waals surface area contributed by atoms with Gasteiger partial charge >= 0.3 is 6.18 Å². The van der Waals surface area contributed by atoms with Gasteiger partial charge in [-0.15, -0.1) is 0 Å². The van der Waals surface area contributed by atoms with E-state index in [1.807, 2.05) is 23.7 Å². The normalized spacial score (nSPS) is 15.1. The van der Waals surface area contributed by atoms with Crippen molar-refractivity contribution in [2.45, 2.75) is 85.9 Å². The van der Waals surface area contributed by atoms with Gasteiger partial charge in [0, 0.05) is 24.9 Å². The van der Waals surface area contributed by atoms with Crippen LogP contribution in [0.3, 0.4) is 0 Å². The van der Waals surface area contributed by atoms with Gasteiger partial charge in [-0.05, 0) is 57.7 Å². The molecule has 0 radical (unpaired) electrons. The quantitative estimate of drug-likeness (QED) is 0.269. The van der Waals surface area contributed by atoms with Crippen molar-refractivity contribution in [1.29, 1.82) is 0 Å². The molecule has 0 atom stereocenters. The minimum atomic E-state index is -4.35. The zero-order valence-electron chi connectivity index (χ0n) is 21.0. The highest BCUT2D eigenvalue weighted by molar-refractivity contribution is 5.91. The highest BCUT2D eigenvalue weighted by atomic mass is 19.4. The summed E-state index contributed by atoms with van der Waals surface area (Å²) in [5, 5.41) is 4.47. The summed E-state index contributed by atoms with van der Waals surface area (Å²) in [6, 6.07) is 1.91. The molecular formula is C26H41F3N4. The first-order valence-electron chi connectivity index (χ1n) is 11.7. The molecule has 2 rings (SSSR count). The standard InChI is InChI=1S/C17H21F3N2.C5H10N2.C4H10/c1-3-7-13(11-14(8-4-2)17(18,19)20)16-12-15-9-5-6-10-22(15)21-16;1-3-4-5(6)7-2;1-3-4-2/h3,7-8,11-12H,4-6,9-10H2,1-2H3;3-4H,1-2H3,(H2,6,7);3-4H2,1-2H3/b7-3-,13-11+,14-8-;4-3-;. The van der Waals surface area contributed by atoms with Gasteiger partial charge in [0.2, 0.25) is 0 Å². The molecule has 1 aliphatic rings. The Balaban J connectivity index is 0.000000776. The number of rotatable bonds is 6. The topological polar surface area (TPSA) is 56.2 Å². The summed E-state index contributed by atoms with van der Waals surface area (Å²) in [5.41, 5.74) is 6.85. The molecule has 0 bridgehead atoms. The van der Waals surface area contributed by atoms with Gasteiger partial charge in [-0.1, -0.05) is 57.9 Å². The third-order valence-electron chi connectivity index (χ3n) is 4.72. The minimum absolute atomic E-state index is 0.341. The molecule has 0 saturated heterocycles. The zero-order valence-corrected chi connectivity index (χ0v) is 21.0. The number of aliphatic imine (C=N–C) groups is 1. The van der Waals surface area contributed by atoms with Crippen LogP contribution >= 0.6 is 0 Å². The number of fused-ring (bicyclic) bond motifs is 1. The van der Waals surface area contributed by atoms with Gasteiger partial charge in [-0.3, -0.25) is 9.67 Å². The SMILES string of the molecule is C/C=C\C(N)=NC.CCCC.C\C=C/C(=C\C(=C\CC)C(F)(F)F)c1cc2n(n1)CCCC2. The summed E-state index contributed by atoms with van der Waals surface area (Å²) in [4.78, 5) is 3.69. The predicted octanol–water partition coefficient (Wildman–Crippen LogP) is 7.43. The van der Waals surface area contributed by atoms with Crippen LogP contribution in [0.1, 0.15) is 78.1 Å². The van der Waals surface area contributed by atoms with E-state index in [9.17, 15) is 13.2 Å². The fourth-order valence-corrected chi connectivity index (χ4v) is 2.84. The van der Waals surface area contributed by atoms with Gasteiger partial charge < -0.3 is 5.73 Å². The zero-order chi connectivity index (χ0) is 25.3. The Morgan fingerprint density at radius 1 is 1.12 bits per heavy atom. The molecule has 1 aromatic heterocycles. The summed E-state index contributed by atoms with van der Waals surface area (Å²) in [6.07, 6.45) is 11.2. The number of nitrogens with zero attached hydrogens (tertiary/aromatic N) is 3. The number of aryl methyl sites for hydroxylation is 2. The number of hydrogen-bond acceptors (Lipinski definition) is 2. The molecule has 1 aromatic rings. The number of unbranched alkanes of at least 4 members (excludes halogenated alkanes) is 1. The van der Waals surface area contributed by atoms with Gasteiger partial charge in [0.05, 0.1) is 11.3 Å². The van der Waals surface area contributed by atoms with Gasteiger partial charge in [0.25, 0.3) is 0 Å². The molecule has 0 aliphatic carbocycles. The molecule has 186 valence electrons. The second-order valence-corrected chi connectivity index (χ2v) is 7.51. The first-order chi connectivity index (χ1) is 15.7. The molecule has 0 saturated carbocycles. The van der Waals surface area contributed by atoms with E-state index in [-0.39, 0.29) is 0 Å². The van der Waals surface area contributed by atoms with Crippen molar-refractivity contribution in [2.24, 2.45) is 10.7 Å². The largest absolute Gasteiger partial charge is 0.416 e. The molecule has 33 heavy (non-hydrogen) atoms.